The van der Waals surface area contributed by atoms with Gasteiger partial charge in [-0.15, -0.1) is 0 Å². The van der Waals surface area contributed by atoms with E-state index in [-0.39, 0.29) is 6.61 Å². The van der Waals surface area contributed by atoms with Crippen LogP contribution in [0.2, 0.25) is 0 Å². The third-order valence-electron chi connectivity index (χ3n) is 4.96. The Hall–Kier alpha value is -2.08. The molecule has 6 heteroatoms. The van der Waals surface area contributed by atoms with E-state index in [1.54, 1.807) is 6.92 Å². The van der Waals surface area contributed by atoms with Gasteiger partial charge < -0.3 is 14.7 Å². The molecule has 1 saturated heterocycles. The Morgan fingerprint density at radius 3 is 2.35 bits per heavy atom. The fourth-order valence-corrected chi connectivity index (χ4v) is 3.62. The van der Waals surface area contributed by atoms with Crippen LogP contribution >= 0.6 is 0 Å². The maximum atomic E-state index is 12.6. The quantitative estimate of drug-likeness (QED) is 0.806. The summed E-state index contributed by atoms with van der Waals surface area (Å²) < 4.78 is 5.41. The first-order valence-corrected chi connectivity index (χ1v) is 9.33. The second kappa shape index (κ2) is 9.03. The van der Waals surface area contributed by atoms with Gasteiger partial charge in [-0.1, -0.05) is 44.2 Å². The molecule has 1 heterocycles. The zero-order chi connectivity index (χ0) is 19.2. The number of carbonyl (C=O) groups is 2. The van der Waals surface area contributed by atoms with Crippen molar-refractivity contribution in [1.29, 1.82) is 0 Å². The lowest BCUT2D eigenvalue weighted by Gasteiger charge is -2.45. The van der Waals surface area contributed by atoms with Crippen molar-refractivity contribution in [2.75, 3.05) is 26.2 Å². The number of carboxylic acids is 1. The molecule has 1 aliphatic heterocycles. The summed E-state index contributed by atoms with van der Waals surface area (Å²) in [6.45, 7) is 8.85. The lowest BCUT2D eigenvalue weighted by Crippen LogP contribution is -2.62. The number of benzene rings is 1. The molecule has 26 heavy (non-hydrogen) atoms. The maximum Gasteiger partial charge on any atom is 0.411 e. The summed E-state index contributed by atoms with van der Waals surface area (Å²) in [5.41, 5.74) is -0.302. The third-order valence-corrected chi connectivity index (χ3v) is 4.96. The van der Waals surface area contributed by atoms with E-state index < -0.39 is 17.6 Å². The van der Waals surface area contributed by atoms with Gasteiger partial charge in [0.15, 0.2) is 0 Å². The second-order valence-electron chi connectivity index (χ2n) is 7.32. The van der Waals surface area contributed by atoms with Crippen LogP contribution in [-0.2, 0) is 16.1 Å². The lowest BCUT2D eigenvalue weighted by atomic mass is 9.85. The Bertz CT molecular complexity index is 595. The molecule has 0 aromatic heterocycles. The van der Waals surface area contributed by atoms with Crippen LogP contribution in [0.15, 0.2) is 30.3 Å². The molecule has 1 fully saturated rings. The molecule has 1 aliphatic rings. The van der Waals surface area contributed by atoms with Crippen molar-refractivity contribution in [3.63, 3.8) is 0 Å². The summed E-state index contributed by atoms with van der Waals surface area (Å²) in [6, 6.07) is 9.41. The van der Waals surface area contributed by atoms with Gasteiger partial charge in [0.25, 0.3) is 0 Å². The van der Waals surface area contributed by atoms with Gasteiger partial charge in [-0.25, -0.2) is 9.59 Å². The lowest BCUT2D eigenvalue weighted by molar-refractivity contribution is -0.154. The predicted octanol–water partition coefficient (Wildman–Crippen LogP) is 3.22. The van der Waals surface area contributed by atoms with E-state index in [1.165, 1.54) is 4.90 Å². The van der Waals surface area contributed by atoms with Crippen LogP contribution in [0.1, 0.15) is 39.2 Å². The molecule has 0 saturated carbocycles. The molecule has 0 radical (unpaired) electrons. The highest BCUT2D eigenvalue weighted by molar-refractivity contribution is 5.84. The standard InChI is InChI=1S/C20H30N2O4/c1-4-22(19(25)26-15-17-8-6-5-7-9-17)20(18(23)24)10-12-21(13-11-20)14-16(2)3/h5-9,16H,4,10-15H2,1-3H3,(H,23,24). The largest absolute Gasteiger partial charge is 0.479 e. The number of likely N-dealkylation sites (N-methyl/N-ethyl adjacent to an activating group) is 1. The third kappa shape index (κ3) is 4.75. The van der Waals surface area contributed by atoms with Crippen molar-refractivity contribution in [1.82, 2.24) is 9.80 Å². The molecule has 2 rings (SSSR count). The van der Waals surface area contributed by atoms with Crippen molar-refractivity contribution in [3.8, 4) is 0 Å². The van der Waals surface area contributed by atoms with E-state index in [0.29, 0.717) is 38.4 Å². The van der Waals surface area contributed by atoms with Crippen molar-refractivity contribution in [2.24, 2.45) is 5.92 Å². The molecule has 0 unspecified atom stereocenters. The van der Waals surface area contributed by atoms with Gasteiger partial charge in [-0.2, -0.15) is 0 Å². The number of hydrogen-bond acceptors (Lipinski definition) is 4. The maximum absolute atomic E-state index is 12.6. The highest BCUT2D eigenvalue weighted by Gasteiger charge is 2.48. The second-order valence-corrected chi connectivity index (χ2v) is 7.32. The van der Waals surface area contributed by atoms with E-state index in [2.05, 4.69) is 18.7 Å². The van der Waals surface area contributed by atoms with E-state index in [1.807, 2.05) is 30.3 Å². The number of piperidine rings is 1. The van der Waals surface area contributed by atoms with Crippen molar-refractivity contribution < 1.29 is 19.4 Å². The van der Waals surface area contributed by atoms with Crippen LogP contribution in [0.3, 0.4) is 0 Å². The van der Waals surface area contributed by atoms with Gasteiger partial charge in [0.1, 0.15) is 12.1 Å². The first-order valence-electron chi connectivity index (χ1n) is 9.33. The van der Waals surface area contributed by atoms with Crippen LogP contribution in [0.4, 0.5) is 4.79 Å². The van der Waals surface area contributed by atoms with Crippen molar-refractivity contribution in [3.05, 3.63) is 35.9 Å². The SMILES string of the molecule is CCN(C(=O)OCc1ccccc1)C1(C(=O)O)CCN(CC(C)C)CC1. The molecule has 6 nitrogen and oxygen atoms in total. The average Bonchev–Trinajstić information content (AvgIpc) is 2.62. The Labute approximate surface area is 155 Å². The first kappa shape index (κ1) is 20.2. The molecule has 1 aromatic rings. The molecule has 0 aliphatic carbocycles. The minimum atomic E-state index is -1.18. The van der Waals surface area contributed by atoms with E-state index in [9.17, 15) is 14.7 Å². The van der Waals surface area contributed by atoms with Crippen molar-refractivity contribution >= 4 is 12.1 Å². The Balaban J connectivity index is 2.06. The van der Waals surface area contributed by atoms with Crippen LogP contribution in [0.25, 0.3) is 0 Å². The molecule has 0 bridgehead atoms. The topological polar surface area (TPSA) is 70.1 Å². The van der Waals surface area contributed by atoms with E-state index in [0.717, 1.165) is 12.1 Å². The van der Waals surface area contributed by atoms with Gasteiger partial charge in [-0.3, -0.25) is 4.90 Å². The van der Waals surface area contributed by atoms with Gasteiger partial charge in [0, 0.05) is 26.2 Å². The van der Waals surface area contributed by atoms with Crippen LogP contribution < -0.4 is 0 Å². The number of carboxylic acid groups (broad SMARTS) is 1. The molecule has 0 atom stereocenters. The average molecular weight is 362 g/mol. The fourth-order valence-electron chi connectivity index (χ4n) is 3.62. The Kier molecular flexibility index (Phi) is 7.03. The molecule has 1 N–H and O–H groups in total. The minimum Gasteiger partial charge on any atom is -0.479 e. The highest BCUT2D eigenvalue weighted by atomic mass is 16.6. The fraction of sp³-hybridized carbons (Fsp3) is 0.600. The van der Waals surface area contributed by atoms with Crippen LogP contribution in [0.5, 0.6) is 0 Å². The summed E-state index contributed by atoms with van der Waals surface area (Å²) >= 11 is 0. The van der Waals surface area contributed by atoms with Crippen LogP contribution in [-0.4, -0.2) is 58.7 Å². The molecule has 144 valence electrons. The van der Waals surface area contributed by atoms with E-state index in [4.69, 9.17) is 4.74 Å². The van der Waals surface area contributed by atoms with E-state index >= 15 is 0 Å². The number of amides is 1. The number of rotatable bonds is 7. The predicted molar refractivity (Wildman–Crippen MR) is 99.9 cm³/mol. The normalized spacial score (nSPS) is 17.1. The molecule has 0 spiro atoms. The summed E-state index contributed by atoms with van der Waals surface area (Å²) in [4.78, 5) is 28.4. The highest BCUT2D eigenvalue weighted by Crippen LogP contribution is 2.30. The summed E-state index contributed by atoms with van der Waals surface area (Å²) in [5, 5.41) is 9.92. The zero-order valence-electron chi connectivity index (χ0n) is 16.0. The Morgan fingerprint density at radius 2 is 1.85 bits per heavy atom. The summed E-state index contributed by atoms with van der Waals surface area (Å²) in [7, 11) is 0. The number of hydrogen-bond donors (Lipinski definition) is 1. The summed E-state index contributed by atoms with van der Waals surface area (Å²) in [5.74, 6) is -0.411. The first-order chi connectivity index (χ1) is 12.4. The minimum absolute atomic E-state index is 0.144. The van der Waals surface area contributed by atoms with Gasteiger partial charge in [0.05, 0.1) is 0 Å². The van der Waals surface area contributed by atoms with Gasteiger partial charge in [0.2, 0.25) is 0 Å². The van der Waals surface area contributed by atoms with Gasteiger partial charge >= 0.3 is 12.1 Å². The number of carbonyl (C=O) groups excluding carboxylic acids is 1. The number of nitrogens with zero attached hydrogens (tertiary/aromatic N) is 2. The molecular formula is C20H30N2O4. The molecular weight excluding hydrogens is 332 g/mol. The summed E-state index contributed by atoms with van der Waals surface area (Å²) in [6.07, 6.45) is 0.281. The van der Waals surface area contributed by atoms with Crippen molar-refractivity contribution in [2.45, 2.75) is 45.8 Å². The molecule has 1 amide bonds. The molecule has 1 aromatic carbocycles. The number of aliphatic carboxylic acids is 1. The monoisotopic (exact) mass is 362 g/mol. The van der Waals surface area contributed by atoms with Gasteiger partial charge in [-0.05, 0) is 31.2 Å². The number of ether oxygens (including phenoxy) is 1. The van der Waals surface area contributed by atoms with Crippen LogP contribution in [0, 0.1) is 5.92 Å². The zero-order valence-corrected chi connectivity index (χ0v) is 16.0. The number of likely N-dealkylation sites (tertiary alicyclic amines) is 1. The Morgan fingerprint density at radius 1 is 1.23 bits per heavy atom. The smallest absolute Gasteiger partial charge is 0.411 e.